The summed E-state index contributed by atoms with van der Waals surface area (Å²) in [6, 6.07) is 0. The summed E-state index contributed by atoms with van der Waals surface area (Å²) in [6.07, 6.45) is 0. The fourth-order valence-electron chi connectivity index (χ4n) is 0.0747. The van der Waals surface area contributed by atoms with Crippen molar-refractivity contribution in [2.75, 3.05) is 0 Å². The van der Waals surface area contributed by atoms with Crippen LogP contribution in [-0.2, 0) is 0 Å². The van der Waals surface area contributed by atoms with Crippen LogP contribution in [0.3, 0.4) is 0 Å². The van der Waals surface area contributed by atoms with Crippen molar-refractivity contribution in [2.24, 2.45) is 10.2 Å². The van der Waals surface area contributed by atoms with Gasteiger partial charge < -0.3 is 0 Å². The minimum absolute atomic E-state index is 1.42. The average Bonchev–Trinajstić information content (AvgIpc) is 1.61. The van der Waals surface area contributed by atoms with Crippen molar-refractivity contribution < 1.29 is 0 Å². The summed E-state index contributed by atoms with van der Waals surface area (Å²) >= 11 is 0. The molecule has 0 fully saturated rings. The number of rotatable bonds is 1. The van der Waals surface area contributed by atoms with Crippen LogP contribution in [0.15, 0.2) is 10.2 Å². The third-order valence-corrected chi connectivity index (χ3v) is 0.207. The van der Waals surface area contributed by atoms with Crippen LogP contribution < -0.4 is 0 Å². The van der Waals surface area contributed by atoms with Crippen LogP contribution in [-0.4, -0.2) is 7.07 Å². The first-order valence-corrected chi connectivity index (χ1v) is 1.44. The Morgan fingerprint density at radius 3 is 2.67 bits per heavy atom. The first-order chi connectivity index (χ1) is 2.91. The summed E-state index contributed by atoms with van der Waals surface area (Å²) in [7, 11) is 1.42. The van der Waals surface area contributed by atoms with E-state index in [1.807, 2.05) is 0 Å². The van der Waals surface area contributed by atoms with Crippen LogP contribution in [0.5, 0.6) is 0 Å². The molecule has 0 radical (unpaired) electrons. The fourth-order valence-corrected chi connectivity index (χ4v) is 0.0747. The van der Waals surface area contributed by atoms with Crippen molar-refractivity contribution in [3.63, 3.8) is 0 Å². The van der Waals surface area contributed by atoms with Gasteiger partial charge in [-0.25, -0.2) is 0 Å². The molecular weight excluding hydrogens is 78.9 g/mol. The Morgan fingerprint density at radius 1 is 1.83 bits per heavy atom. The molecule has 0 aromatic rings. The van der Waals surface area contributed by atoms with Crippen molar-refractivity contribution in [1.82, 2.24) is 0 Å². The second-order valence-electron chi connectivity index (χ2n) is 0.553. The van der Waals surface area contributed by atoms with Gasteiger partial charge in [0.05, 0.1) is 0 Å². The van der Waals surface area contributed by atoms with Gasteiger partial charge in [0.15, 0.2) is 0 Å². The zero-order chi connectivity index (χ0) is 4.83. The van der Waals surface area contributed by atoms with Gasteiger partial charge in [-0.15, -0.1) is 0 Å². The first-order valence-electron chi connectivity index (χ1n) is 1.44. The number of hydrogen-bond acceptors (Lipinski definition) is 1. The van der Waals surface area contributed by atoms with Crippen LogP contribution in [0.2, 0.25) is 6.82 Å². The molecule has 0 unspecified atom stereocenters. The molecule has 30 valence electrons. The third kappa shape index (κ3) is 3.17. The SMILES string of the molecule is CB=NN=[N+]=[N-]. The Bertz CT molecular complexity index is 89.7. The Labute approximate surface area is 35.7 Å². The predicted octanol–water partition coefficient (Wildman–Crippen LogP) is 1.15. The van der Waals surface area contributed by atoms with Crippen LogP contribution >= 0.6 is 0 Å². The minimum atomic E-state index is 1.42. The van der Waals surface area contributed by atoms with E-state index in [0.717, 1.165) is 0 Å². The molecule has 0 rings (SSSR count). The van der Waals surface area contributed by atoms with Gasteiger partial charge in [0.25, 0.3) is 0 Å². The molecule has 0 aliphatic heterocycles. The molecule has 6 heavy (non-hydrogen) atoms. The van der Waals surface area contributed by atoms with Gasteiger partial charge in [-0.1, -0.05) is 0 Å². The van der Waals surface area contributed by atoms with Crippen molar-refractivity contribution in [3.8, 4) is 0 Å². The van der Waals surface area contributed by atoms with E-state index in [0.29, 0.717) is 0 Å². The van der Waals surface area contributed by atoms with Gasteiger partial charge >= 0.3 is 34.6 Å². The molecule has 4 nitrogen and oxygen atoms in total. The van der Waals surface area contributed by atoms with Gasteiger partial charge in [0.2, 0.25) is 0 Å². The average molecular weight is 81.9 g/mol. The summed E-state index contributed by atoms with van der Waals surface area (Å²) in [5.74, 6) is 0. The van der Waals surface area contributed by atoms with Gasteiger partial charge in [-0.05, 0) is 0 Å². The third-order valence-electron chi connectivity index (χ3n) is 0.207. The van der Waals surface area contributed by atoms with E-state index in [2.05, 4.69) is 15.1 Å². The molecule has 0 saturated carbocycles. The second-order valence-corrected chi connectivity index (χ2v) is 0.553. The molecule has 0 amide bonds. The molecular formula is CH3BN4. The predicted molar refractivity (Wildman–Crippen MR) is 23.2 cm³/mol. The fraction of sp³-hybridized carbons (Fsp3) is 1.00. The van der Waals surface area contributed by atoms with Crippen molar-refractivity contribution in [3.05, 3.63) is 10.4 Å². The monoisotopic (exact) mass is 82.0 g/mol. The maximum absolute atomic E-state index is 7.54. The normalized spacial score (nSPS) is 6.83. The summed E-state index contributed by atoms with van der Waals surface area (Å²) in [5, 5.41) is 6.01. The standard InChI is InChI=1S/CH3BN4/c1-2-4-6-5-3/h1H3. The molecule has 0 bridgehead atoms. The summed E-state index contributed by atoms with van der Waals surface area (Å²) < 4.78 is 0. The van der Waals surface area contributed by atoms with Crippen molar-refractivity contribution >= 4 is 7.07 Å². The Kier molecular flexibility index (Phi) is 3.60. The van der Waals surface area contributed by atoms with Crippen LogP contribution in [0.4, 0.5) is 0 Å². The van der Waals surface area contributed by atoms with E-state index in [9.17, 15) is 0 Å². The molecule has 0 aliphatic carbocycles. The Hall–Kier alpha value is -0.825. The Balaban J connectivity index is 3.33. The molecule has 0 aromatic carbocycles. The van der Waals surface area contributed by atoms with Gasteiger partial charge in [0, 0.05) is 0 Å². The maximum atomic E-state index is 7.54. The zero-order valence-electron chi connectivity index (χ0n) is 3.37. The molecule has 0 atom stereocenters. The number of nitrogens with zero attached hydrogens (tertiary/aromatic N) is 4. The van der Waals surface area contributed by atoms with Crippen LogP contribution in [0, 0.1) is 0 Å². The zero-order valence-corrected chi connectivity index (χ0v) is 3.37. The van der Waals surface area contributed by atoms with E-state index in [1.165, 1.54) is 7.07 Å². The molecule has 0 N–H and O–H groups in total. The molecule has 0 saturated heterocycles. The summed E-state index contributed by atoms with van der Waals surface area (Å²) in [4.78, 5) is 2.35. The van der Waals surface area contributed by atoms with Crippen LogP contribution in [0.1, 0.15) is 0 Å². The van der Waals surface area contributed by atoms with Crippen molar-refractivity contribution in [1.29, 1.82) is 0 Å². The number of hydrogen-bond donors (Lipinski definition) is 0. The van der Waals surface area contributed by atoms with Crippen LogP contribution in [0.25, 0.3) is 10.4 Å². The van der Waals surface area contributed by atoms with E-state index in [-0.39, 0.29) is 0 Å². The van der Waals surface area contributed by atoms with Gasteiger partial charge in [-0.2, -0.15) is 0 Å². The molecule has 5 heteroatoms. The molecule has 0 aliphatic rings. The van der Waals surface area contributed by atoms with Gasteiger partial charge in [0.1, 0.15) is 0 Å². The summed E-state index contributed by atoms with van der Waals surface area (Å²) in [6.45, 7) is 1.68. The summed E-state index contributed by atoms with van der Waals surface area (Å²) in [5.41, 5.74) is 7.54. The number of azide groups is 1. The Morgan fingerprint density at radius 2 is 2.50 bits per heavy atom. The second kappa shape index (κ2) is 4.17. The molecule has 0 aromatic heterocycles. The van der Waals surface area contributed by atoms with Gasteiger partial charge in [-0.3, -0.25) is 0 Å². The first kappa shape index (κ1) is 5.17. The molecule has 0 heterocycles. The topological polar surface area (TPSA) is 61.1 Å². The van der Waals surface area contributed by atoms with E-state index >= 15 is 0 Å². The van der Waals surface area contributed by atoms with E-state index < -0.39 is 0 Å². The van der Waals surface area contributed by atoms with E-state index in [1.54, 1.807) is 6.82 Å². The van der Waals surface area contributed by atoms with E-state index in [4.69, 9.17) is 5.53 Å². The quantitative estimate of drug-likeness (QED) is 0.150. The van der Waals surface area contributed by atoms with Crippen molar-refractivity contribution in [2.45, 2.75) is 6.82 Å². The molecule has 0 spiro atoms.